The lowest BCUT2D eigenvalue weighted by Gasteiger charge is -2.09. The highest BCUT2D eigenvalue weighted by Gasteiger charge is 1.97. The highest BCUT2D eigenvalue weighted by molar-refractivity contribution is 4.52. The zero-order valence-corrected chi connectivity index (χ0v) is 22.4. The van der Waals surface area contributed by atoms with Crippen molar-refractivity contribution in [3.63, 3.8) is 0 Å². The minimum absolute atomic E-state index is 0. The summed E-state index contributed by atoms with van der Waals surface area (Å²) < 4.78 is 14.7. The van der Waals surface area contributed by atoms with Crippen molar-refractivity contribution in [2.24, 2.45) is 0 Å². The maximum Gasteiger partial charge on any atom is 0.0488 e. The first-order chi connectivity index (χ1) is 16.5. The maximum atomic E-state index is 5.07. The fourth-order valence-electron chi connectivity index (χ4n) is 3.54. The first-order valence-electron chi connectivity index (χ1n) is 15.2. The smallest absolute Gasteiger partial charge is 0.0488 e. The van der Waals surface area contributed by atoms with Gasteiger partial charge in [-0.15, -0.1) is 0 Å². The molecule has 7 fully saturated rings. The van der Waals surface area contributed by atoms with Gasteiger partial charge >= 0.3 is 0 Å². The number of rotatable bonds is 0. The van der Waals surface area contributed by atoms with Gasteiger partial charge in [-0.2, -0.15) is 0 Å². The Morgan fingerprint density at radius 3 is 0.412 bits per heavy atom. The molecule has 4 saturated carbocycles. The summed E-state index contributed by atoms with van der Waals surface area (Å²) in [5.41, 5.74) is 0. The molecule has 0 radical (unpaired) electrons. The van der Waals surface area contributed by atoms with Crippen molar-refractivity contribution in [2.45, 2.75) is 162 Å². The van der Waals surface area contributed by atoms with Crippen molar-refractivity contribution in [3.05, 3.63) is 0 Å². The minimum atomic E-state index is 0. The third kappa shape index (κ3) is 31.9. The molecular formula is C31H64O3. The van der Waals surface area contributed by atoms with Crippen LogP contribution in [-0.4, -0.2) is 39.6 Å². The highest BCUT2D eigenvalue weighted by Crippen LogP contribution is 2.16. The lowest BCUT2D eigenvalue weighted by molar-refractivity contribution is 0.0367. The van der Waals surface area contributed by atoms with Crippen LogP contribution in [0.15, 0.2) is 0 Å². The molecule has 3 aliphatic heterocycles. The fourth-order valence-corrected chi connectivity index (χ4v) is 3.54. The van der Waals surface area contributed by atoms with E-state index in [2.05, 4.69) is 0 Å². The number of hydrogen-bond donors (Lipinski definition) is 0. The average molecular weight is 485 g/mol. The SMILES string of the molecule is C.C1CC1.C1CCC1.C1CCCC1.C1CCCCC1.C1CCOC1.C1CCOCC1.C1COC1. The van der Waals surface area contributed by atoms with Gasteiger partial charge in [-0.1, -0.05) is 123 Å². The molecule has 0 N–H and O–H groups in total. The van der Waals surface area contributed by atoms with E-state index in [1.165, 1.54) is 154 Å². The molecule has 3 saturated heterocycles. The van der Waals surface area contributed by atoms with Gasteiger partial charge in [-0.05, 0) is 38.5 Å². The summed E-state index contributed by atoms with van der Waals surface area (Å²) in [6.07, 6.45) is 34.8. The molecule has 3 heterocycles. The summed E-state index contributed by atoms with van der Waals surface area (Å²) in [6, 6.07) is 0. The Labute approximate surface area is 215 Å². The van der Waals surface area contributed by atoms with E-state index in [1.54, 1.807) is 0 Å². The van der Waals surface area contributed by atoms with Gasteiger partial charge in [0.15, 0.2) is 0 Å². The van der Waals surface area contributed by atoms with E-state index in [-0.39, 0.29) is 7.43 Å². The van der Waals surface area contributed by atoms with E-state index in [4.69, 9.17) is 14.2 Å². The van der Waals surface area contributed by atoms with Gasteiger partial charge in [-0.3, -0.25) is 0 Å². The molecule has 206 valence electrons. The molecule has 0 spiro atoms. The van der Waals surface area contributed by atoms with Crippen molar-refractivity contribution in [3.8, 4) is 0 Å². The summed E-state index contributed by atoms with van der Waals surface area (Å²) >= 11 is 0. The Bertz CT molecular complexity index is 243. The van der Waals surface area contributed by atoms with E-state index < -0.39 is 0 Å². The summed E-state index contributed by atoms with van der Waals surface area (Å²) in [7, 11) is 0. The first-order valence-corrected chi connectivity index (χ1v) is 15.2. The zero-order valence-electron chi connectivity index (χ0n) is 22.4. The molecule has 0 aromatic carbocycles. The van der Waals surface area contributed by atoms with Gasteiger partial charge in [-0.25, -0.2) is 0 Å². The second-order valence-corrected chi connectivity index (χ2v) is 10.3. The van der Waals surface area contributed by atoms with Gasteiger partial charge in [0, 0.05) is 39.6 Å². The monoisotopic (exact) mass is 484 g/mol. The van der Waals surface area contributed by atoms with E-state index in [1.807, 2.05) is 0 Å². The summed E-state index contributed by atoms with van der Waals surface area (Å²) in [6.45, 7) is 6.00. The second-order valence-electron chi connectivity index (χ2n) is 10.3. The molecule has 0 aromatic heterocycles. The lowest BCUT2D eigenvalue weighted by Crippen LogP contribution is -2.09. The van der Waals surface area contributed by atoms with E-state index in [0.29, 0.717) is 0 Å². The van der Waals surface area contributed by atoms with Crippen LogP contribution in [0.1, 0.15) is 162 Å². The second kappa shape index (κ2) is 30.9. The fraction of sp³-hybridized carbons (Fsp3) is 1.00. The van der Waals surface area contributed by atoms with Crippen LogP contribution >= 0.6 is 0 Å². The molecule has 0 unspecified atom stereocenters. The molecule has 0 amide bonds. The molecule has 0 atom stereocenters. The Kier molecular flexibility index (Phi) is 30.8. The average Bonchev–Trinajstić information content (AvgIpc) is 3.32. The molecule has 34 heavy (non-hydrogen) atoms. The highest BCUT2D eigenvalue weighted by atomic mass is 16.5. The van der Waals surface area contributed by atoms with E-state index >= 15 is 0 Å². The van der Waals surface area contributed by atoms with Crippen molar-refractivity contribution in [1.29, 1.82) is 0 Å². The maximum absolute atomic E-state index is 5.07. The van der Waals surface area contributed by atoms with E-state index in [0.717, 1.165) is 39.6 Å². The van der Waals surface area contributed by atoms with Crippen LogP contribution in [0.4, 0.5) is 0 Å². The number of ether oxygens (including phenoxy) is 3. The topological polar surface area (TPSA) is 27.7 Å². The third-order valence-corrected chi connectivity index (χ3v) is 6.59. The molecule has 0 bridgehead atoms. The van der Waals surface area contributed by atoms with Gasteiger partial charge in [0.1, 0.15) is 0 Å². The summed E-state index contributed by atoms with van der Waals surface area (Å²) in [5.74, 6) is 0. The molecule has 4 aliphatic carbocycles. The minimum Gasteiger partial charge on any atom is -0.381 e. The van der Waals surface area contributed by atoms with E-state index in [9.17, 15) is 0 Å². The Balaban J connectivity index is 0.000000375. The van der Waals surface area contributed by atoms with Gasteiger partial charge in [0.2, 0.25) is 0 Å². The van der Waals surface area contributed by atoms with Crippen molar-refractivity contribution >= 4 is 0 Å². The van der Waals surface area contributed by atoms with Gasteiger partial charge in [0.25, 0.3) is 0 Å². The van der Waals surface area contributed by atoms with Crippen LogP contribution in [-0.2, 0) is 14.2 Å². The van der Waals surface area contributed by atoms with Gasteiger partial charge < -0.3 is 14.2 Å². The normalized spacial score (nSPS) is 23.3. The summed E-state index contributed by atoms with van der Waals surface area (Å²) in [4.78, 5) is 0. The molecule has 3 heteroatoms. The Morgan fingerprint density at radius 1 is 0.176 bits per heavy atom. The molecule has 0 aromatic rings. The molecule has 7 rings (SSSR count). The van der Waals surface area contributed by atoms with Crippen LogP contribution < -0.4 is 0 Å². The molecule has 3 nitrogen and oxygen atoms in total. The lowest BCUT2D eigenvalue weighted by atomic mass is 10.0. The first kappa shape index (κ1) is 33.9. The van der Waals surface area contributed by atoms with Crippen molar-refractivity contribution in [1.82, 2.24) is 0 Å². The predicted molar refractivity (Wildman–Crippen MR) is 150 cm³/mol. The van der Waals surface area contributed by atoms with Crippen LogP contribution in [0.25, 0.3) is 0 Å². The quantitative estimate of drug-likeness (QED) is 0.342. The Hall–Kier alpha value is -0.120. The molecular weight excluding hydrogens is 420 g/mol. The molecule has 7 aliphatic rings. The van der Waals surface area contributed by atoms with Crippen LogP contribution in [0.3, 0.4) is 0 Å². The largest absolute Gasteiger partial charge is 0.381 e. The Morgan fingerprint density at radius 2 is 0.324 bits per heavy atom. The van der Waals surface area contributed by atoms with Gasteiger partial charge in [0.05, 0.1) is 0 Å². The van der Waals surface area contributed by atoms with Crippen molar-refractivity contribution < 1.29 is 14.2 Å². The van der Waals surface area contributed by atoms with Crippen LogP contribution in [0.2, 0.25) is 0 Å². The van der Waals surface area contributed by atoms with Crippen molar-refractivity contribution in [2.75, 3.05) is 39.6 Å². The zero-order chi connectivity index (χ0) is 23.3. The standard InChI is InChI=1S/C6H12.C5H10O.C5H10.C4H8O.C4H8.C3H6O.C3H6.CH4/c2*1-2-4-6-5-3-1;2*1-2-4-5-3-1;2*1-2-4-3-1;1-2-3-1;/h1-6H2;1-5H2;1-5H2;1-4H2;1-4H2;1-3H2;1-3H2;1H4. The third-order valence-electron chi connectivity index (χ3n) is 6.59. The summed E-state index contributed by atoms with van der Waals surface area (Å²) in [5, 5.41) is 0. The number of hydrogen-bond acceptors (Lipinski definition) is 3. The van der Waals surface area contributed by atoms with Crippen LogP contribution in [0, 0.1) is 0 Å². The van der Waals surface area contributed by atoms with Crippen LogP contribution in [0.5, 0.6) is 0 Å². The predicted octanol–water partition coefficient (Wildman–Crippen LogP) is 10.0.